The summed E-state index contributed by atoms with van der Waals surface area (Å²) in [5, 5.41) is 3.50. The van der Waals surface area contributed by atoms with Gasteiger partial charge >= 0.3 is 0 Å². The molecule has 0 aliphatic heterocycles. The van der Waals surface area contributed by atoms with Crippen molar-refractivity contribution in [2.24, 2.45) is 0 Å². The van der Waals surface area contributed by atoms with E-state index in [1.165, 1.54) is 0 Å². The van der Waals surface area contributed by atoms with Gasteiger partial charge in [0.15, 0.2) is 11.2 Å². The third-order valence-corrected chi connectivity index (χ3v) is 10.3. The van der Waals surface area contributed by atoms with Crippen molar-refractivity contribution >= 4 is 54.5 Å². The molecule has 54 heavy (non-hydrogen) atoms. The normalized spacial score (nSPS) is 13.8. The lowest BCUT2D eigenvalue weighted by atomic mass is 9.86. The van der Waals surface area contributed by atoms with E-state index in [9.17, 15) is 2.74 Å². The number of benzene rings is 9. The van der Waals surface area contributed by atoms with Crippen molar-refractivity contribution in [2.75, 3.05) is 0 Å². The van der Waals surface area contributed by atoms with Crippen molar-refractivity contribution in [1.82, 2.24) is 0 Å². The molecule has 2 aromatic heterocycles. The van der Waals surface area contributed by atoms with Gasteiger partial charge in [-0.1, -0.05) is 170 Å². The number of furan rings is 2. The van der Waals surface area contributed by atoms with E-state index in [0.717, 1.165) is 49.7 Å². The van der Waals surface area contributed by atoms with E-state index < -0.39 is 24.2 Å². The average molecular weight is 697 g/mol. The van der Waals surface area contributed by atoms with Crippen molar-refractivity contribution in [1.29, 1.82) is 0 Å². The Balaban J connectivity index is 1.10. The monoisotopic (exact) mass is 696 g/mol. The quantitative estimate of drug-likeness (QED) is 0.167. The van der Waals surface area contributed by atoms with Crippen molar-refractivity contribution in [3.05, 3.63) is 194 Å². The van der Waals surface area contributed by atoms with Crippen molar-refractivity contribution < 1.29 is 19.8 Å². The van der Waals surface area contributed by atoms with Gasteiger partial charge in [0, 0.05) is 27.3 Å². The van der Waals surface area contributed by atoms with Gasteiger partial charge in [-0.25, -0.2) is 0 Å². The third kappa shape index (κ3) is 4.74. The topological polar surface area (TPSA) is 26.3 Å². The molecule has 0 saturated heterocycles. The zero-order chi connectivity index (χ0) is 42.6. The summed E-state index contributed by atoms with van der Waals surface area (Å²) in [4.78, 5) is 0. The zero-order valence-corrected chi connectivity index (χ0v) is 28.7. The Bertz CT molecular complexity index is 3560. The van der Waals surface area contributed by atoms with Crippen molar-refractivity contribution in [3.8, 4) is 55.8 Å². The van der Waals surface area contributed by atoms with Crippen LogP contribution in [0.15, 0.2) is 203 Å². The molecule has 0 aliphatic carbocycles. The predicted octanol–water partition coefficient (Wildman–Crippen LogP) is 15.0. The smallest absolute Gasteiger partial charge is 0.178 e. The molecular formula is C52H32O2. The molecule has 252 valence electrons. The lowest BCUT2D eigenvalue weighted by Crippen LogP contribution is -1.90. The summed E-state index contributed by atoms with van der Waals surface area (Å²) in [6, 6.07) is 44.1. The molecule has 0 radical (unpaired) electrons. The summed E-state index contributed by atoms with van der Waals surface area (Å²) in [5.41, 5.74) is 8.53. The molecular weight excluding hydrogens is 657 g/mol. The Morgan fingerprint density at radius 1 is 0.315 bits per heavy atom. The molecule has 11 aromatic rings. The lowest BCUT2D eigenvalue weighted by molar-refractivity contribution is 0.612. The Hall–Kier alpha value is -7.16. The molecule has 11 rings (SSSR count). The van der Waals surface area contributed by atoms with Crippen LogP contribution in [-0.4, -0.2) is 0 Å². The van der Waals surface area contributed by atoms with Gasteiger partial charge in [-0.2, -0.15) is 0 Å². The zero-order valence-electron chi connectivity index (χ0n) is 36.7. The summed E-state index contributed by atoms with van der Waals surface area (Å²) in [6.07, 6.45) is 0. The molecule has 0 saturated carbocycles. The van der Waals surface area contributed by atoms with Gasteiger partial charge in [-0.05, 0) is 84.8 Å². The Kier molecular flexibility index (Phi) is 5.30. The highest BCUT2D eigenvalue weighted by atomic mass is 16.4. The van der Waals surface area contributed by atoms with Crippen LogP contribution in [-0.2, 0) is 0 Å². The van der Waals surface area contributed by atoms with Gasteiger partial charge in [0.25, 0.3) is 0 Å². The van der Waals surface area contributed by atoms with Gasteiger partial charge in [0.1, 0.15) is 11.3 Å². The van der Waals surface area contributed by atoms with E-state index in [4.69, 9.17) is 17.1 Å². The maximum atomic E-state index is 9.23. The molecule has 0 amide bonds. The lowest BCUT2D eigenvalue weighted by Gasteiger charge is -2.18. The van der Waals surface area contributed by atoms with Crippen LogP contribution in [0.1, 0.15) is 11.0 Å². The number of rotatable bonds is 5. The van der Waals surface area contributed by atoms with Crippen LogP contribution in [0, 0.1) is 0 Å². The van der Waals surface area contributed by atoms with E-state index in [0.29, 0.717) is 39.0 Å². The van der Waals surface area contributed by atoms with Gasteiger partial charge in [-0.3, -0.25) is 0 Å². The second-order valence-corrected chi connectivity index (χ2v) is 13.4. The largest absolute Gasteiger partial charge is 0.452 e. The summed E-state index contributed by atoms with van der Waals surface area (Å²) in [7, 11) is 0. The molecule has 0 N–H and O–H groups in total. The van der Waals surface area contributed by atoms with Crippen molar-refractivity contribution in [2.45, 2.75) is 0 Å². The van der Waals surface area contributed by atoms with Gasteiger partial charge in [0.05, 0.1) is 11.0 Å². The first-order valence-corrected chi connectivity index (χ1v) is 17.8. The number of hydrogen-bond donors (Lipinski definition) is 0. The van der Waals surface area contributed by atoms with Gasteiger partial charge in [-0.15, -0.1) is 0 Å². The van der Waals surface area contributed by atoms with Crippen LogP contribution in [0.5, 0.6) is 0 Å². The molecule has 0 spiro atoms. The highest BCUT2D eigenvalue weighted by Crippen LogP contribution is 2.46. The number of fused-ring (bicyclic) bond motifs is 7. The summed E-state index contributed by atoms with van der Waals surface area (Å²) in [5.74, 6) is 0.766. The van der Waals surface area contributed by atoms with E-state index >= 15 is 0 Å². The first-order chi connectivity index (χ1) is 30.1. The molecule has 2 heterocycles. The van der Waals surface area contributed by atoms with Crippen LogP contribution < -0.4 is 0 Å². The van der Waals surface area contributed by atoms with Crippen LogP contribution in [0.3, 0.4) is 0 Å². The maximum Gasteiger partial charge on any atom is 0.178 e. The Labute approximate surface area is 323 Å². The van der Waals surface area contributed by atoms with E-state index in [2.05, 4.69) is 30.3 Å². The Morgan fingerprint density at radius 3 is 1.33 bits per heavy atom. The SMILES string of the molecule is [2H]c1c([2H])c([2H])c2c(-c3ccc(-c4ccc5oc6c(ccc7c(-c8ccccc8)c(-c8ccccc8)oc76)c5c4)cc3)c3c([2H])c([2H])c([2H])c([2H])c3c(-c3ccccc3)c2c1[2H]. The molecule has 9 aromatic carbocycles. The van der Waals surface area contributed by atoms with Crippen molar-refractivity contribution in [3.63, 3.8) is 0 Å². The van der Waals surface area contributed by atoms with Gasteiger partial charge < -0.3 is 8.83 Å². The number of hydrogen-bond acceptors (Lipinski definition) is 2. The third-order valence-electron chi connectivity index (χ3n) is 10.3. The van der Waals surface area contributed by atoms with Crippen LogP contribution in [0.2, 0.25) is 0 Å². The van der Waals surface area contributed by atoms with E-state index in [1.54, 1.807) is 24.3 Å². The first-order valence-electron chi connectivity index (χ1n) is 21.8. The van der Waals surface area contributed by atoms with E-state index in [1.807, 2.05) is 91.0 Å². The minimum Gasteiger partial charge on any atom is -0.452 e. The summed E-state index contributed by atoms with van der Waals surface area (Å²) in [6.45, 7) is 0. The predicted molar refractivity (Wildman–Crippen MR) is 226 cm³/mol. The fourth-order valence-electron chi connectivity index (χ4n) is 7.89. The second kappa shape index (κ2) is 12.2. The molecule has 0 aliphatic rings. The standard InChI is InChI=1S/C52H32O2/c1-4-14-34(15-5-1)47-39-20-10-12-22-41(39)48(42-23-13-11-21-40(42)47)36-26-24-33(25-27-36)38-28-31-46-45(32-38)43-29-30-44-49(35-16-6-2-7-17-35)50(37-18-8-3-9-19-37)54-52(44)51(43)53-46/h1-32H/i10D,11D,12D,13D,20D,21D,22D,23D. The first kappa shape index (κ1) is 23.4. The highest BCUT2D eigenvalue weighted by Gasteiger charge is 2.22. The Morgan fingerprint density at radius 2 is 0.759 bits per heavy atom. The molecule has 0 unspecified atom stereocenters. The minimum absolute atomic E-state index is 0.182. The second-order valence-electron chi connectivity index (χ2n) is 13.4. The molecule has 0 fully saturated rings. The average Bonchev–Trinajstić information content (AvgIpc) is 3.90. The van der Waals surface area contributed by atoms with Crippen LogP contribution >= 0.6 is 0 Å². The molecule has 2 heteroatoms. The van der Waals surface area contributed by atoms with Crippen LogP contribution in [0.25, 0.3) is 110 Å². The molecule has 0 bridgehead atoms. The summed E-state index contributed by atoms with van der Waals surface area (Å²) >= 11 is 0. The summed E-state index contributed by atoms with van der Waals surface area (Å²) < 4.78 is 84.8. The highest BCUT2D eigenvalue weighted by molar-refractivity contribution is 6.22. The minimum atomic E-state index is -0.431. The maximum absolute atomic E-state index is 9.23. The van der Waals surface area contributed by atoms with Crippen LogP contribution in [0.4, 0.5) is 0 Å². The fourth-order valence-corrected chi connectivity index (χ4v) is 7.89. The fraction of sp³-hybridized carbons (Fsp3) is 0. The molecule has 2 nitrogen and oxygen atoms in total. The molecule has 0 atom stereocenters. The van der Waals surface area contributed by atoms with Gasteiger partial charge in [0.2, 0.25) is 0 Å². The van der Waals surface area contributed by atoms with E-state index in [-0.39, 0.29) is 45.7 Å².